The number of rotatable bonds is 3. The summed E-state index contributed by atoms with van der Waals surface area (Å²) in [7, 11) is 0. The average Bonchev–Trinajstić information content (AvgIpc) is 3.10. The molecule has 0 saturated carbocycles. The zero-order valence-corrected chi connectivity index (χ0v) is 19.0. The van der Waals surface area contributed by atoms with Gasteiger partial charge in [0.2, 0.25) is 11.8 Å². The van der Waals surface area contributed by atoms with E-state index in [1.54, 1.807) is 0 Å². The van der Waals surface area contributed by atoms with Crippen LogP contribution in [0, 0.1) is 11.8 Å². The molecule has 158 valence electrons. The van der Waals surface area contributed by atoms with E-state index in [1.165, 1.54) is 4.90 Å². The Morgan fingerprint density at radius 3 is 2.16 bits per heavy atom. The first-order valence-corrected chi connectivity index (χ1v) is 11.6. The number of halogens is 1. The predicted molar refractivity (Wildman–Crippen MR) is 125 cm³/mol. The summed E-state index contributed by atoms with van der Waals surface area (Å²) in [6, 6.07) is 21.2. The monoisotopic (exact) mass is 485 g/mol. The van der Waals surface area contributed by atoms with Crippen LogP contribution < -0.4 is 4.90 Å². The number of carbonyl (C=O) groups is 3. The van der Waals surface area contributed by atoms with Gasteiger partial charge in [-0.25, -0.2) is 4.90 Å². The molecule has 1 fully saturated rings. The molecule has 2 bridgehead atoms. The number of anilines is 1. The van der Waals surface area contributed by atoms with Gasteiger partial charge < -0.3 is 4.79 Å². The molecule has 1 saturated heterocycles. The number of aryl methyl sites for hydroxylation is 1. The van der Waals surface area contributed by atoms with Gasteiger partial charge in [0.15, 0.2) is 0 Å². The first kappa shape index (κ1) is 19.6. The van der Waals surface area contributed by atoms with Crippen molar-refractivity contribution in [2.75, 3.05) is 4.90 Å². The number of hydrogen-bond acceptors (Lipinski definition) is 3. The molecule has 3 aromatic rings. The number of carbonyl (C=O) groups excluding carboxylic acids is 3. The van der Waals surface area contributed by atoms with Crippen molar-refractivity contribution in [2.45, 2.75) is 24.7 Å². The minimum absolute atomic E-state index is 0.211. The summed E-state index contributed by atoms with van der Waals surface area (Å²) in [6.07, 6.45) is 1.60. The molecule has 2 atom stereocenters. The van der Waals surface area contributed by atoms with Crippen molar-refractivity contribution in [3.8, 4) is 0 Å². The number of benzene rings is 3. The SMILES string of the molecule is CCc1cc(Br)ccc1N1C(=O)C2C3c4ccccc4C(C=O)(c4ccccc43)C2C1=O. The maximum Gasteiger partial charge on any atom is 0.239 e. The van der Waals surface area contributed by atoms with Gasteiger partial charge in [0, 0.05) is 10.4 Å². The highest BCUT2D eigenvalue weighted by molar-refractivity contribution is 9.10. The standard InChI is InChI=1S/C27H20BrNO3/c1-2-15-13-16(28)11-12-21(15)29-25(31)23-22-17-7-3-5-9-19(17)27(14-30,24(23)26(29)32)20-10-6-4-8-18(20)22/h3-14,22-24H,2H2,1H3. The minimum Gasteiger partial charge on any atom is -0.302 e. The van der Waals surface area contributed by atoms with Crippen LogP contribution >= 0.6 is 15.9 Å². The molecule has 0 aromatic heterocycles. The Hall–Kier alpha value is -3.05. The van der Waals surface area contributed by atoms with E-state index in [0.717, 1.165) is 38.6 Å². The number of nitrogens with zero attached hydrogens (tertiary/aromatic N) is 1. The maximum atomic E-state index is 14.0. The van der Waals surface area contributed by atoms with Gasteiger partial charge in [0.05, 0.1) is 22.9 Å². The number of amides is 2. The lowest BCUT2D eigenvalue weighted by molar-refractivity contribution is -0.128. The molecule has 0 N–H and O–H groups in total. The van der Waals surface area contributed by atoms with E-state index < -0.39 is 17.3 Å². The van der Waals surface area contributed by atoms with E-state index in [0.29, 0.717) is 12.1 Å². The van der Waals surface area contributed by atoms with E-state index in [1.807, 2.05) is 73.7 Å². The first-order valence-electron chi connectivity index (χ1n) is 10.9. The molecule has 1 heterocycles. The van der Waals surface area contributed by atoms with Gasteiger partial charge in [0.25, 0.3) is 0 Å². The number of imide groups is 1. The quantitative estimate of drug-likeness (QED) is 0.396. The second kappa shape index (κ2) is 6.72. The number of hydrogen-bond donors (Lipinski definition) is 0. The lowest BCUT2D eigenvalue weighted by Crippen LogP contribution is -2.54. The maximum absolute atomic E-state index is 14.0. The van der Waals surface area contributed by atoms with E-state index in [2.05, 4.69) is 15.9 Å². The van der Waals surface area contributed by atoms with Crippen molar-refractivity contribution in [2.24, 2.45) is 11.8 Å². The summed E-state index contributed by atoms with van der Waals surface area (Å²) in [5, 5.41) is 0. The van der Waals surface area contributed by atoms with Crippen LogP contribution in [-0.2, 0) is 26.2 Å². The molecule has 3 aliphatic carbocycles. The van der Waals surface area contributed by atoms with Crippen molar-refractivity contribution in [3.63, 3.8) is 0 Å². The Morgan fingerprint density at radius 2 is 1.56 bits per heavy atom. The molecular weight excluding hydrogens is 466 g/mol. The fourth-order valence-corrected chi connectivity index (χ4v) is 6.73. The average molecular weight is 486 g/mol. The van der Waals surface area contributed by atoms with Crippen LogP contribution in [0.2, 0.25) is 0 Å². The van der Waals surface area contributed by atoms with Gasteiger partial charge in [-0.15, -0.1) is 0 Å². The summed E-state index contributed by atoms with van der Waals surface area (Å²) in [6.45, 7) is 2.01. The van der Waals surface area contributed by atoms with Gasteiger partial charge >= 0.3 is 0 Å². The highest BCUT2D eigenvalue weighted by Gasteiger charge is 2.68. The van der Waals surface area contributed by atoms with Gasteiger partial charge in [0.1, 0.15) is 6.29 Å². The first-order chi connectivity index (χ1) is 15.5. The van der Waals surface area contributed by atoms with Gasteiger partial charge in [-0.1, -0.05) is 71.4 Å². The Kier molecular flexibility index (Phi) is 4.12. The van der Waals surface area contributed by atoms with Crippen molar-refractivity contribution in [1.82, 2.24) is 0 Å². The van der Waals surface area contributed by atoms with Gasteiger partial charge in [-0.05, 0) is 52.4 Å². The zero-order chi connectivity index (χ0) is 22.2. The Labute approximate surface area is 194 Å². The third-order valence-corrected chi connectivity index (χ3v) is 8.03. The van der Waals surface area contributed by atoms with Crippen molar-refractivity contribution < 1.29 is 14.4 Å². The molecular formula is C27H20BrNO3. The van der Waals surface area contributed by atoms with Crippen LogP contribution in [0.25, 0.3) is 0 Å². The fourth-order valence-electron chi connectivity index (χ4n) is 6.32. The molecule has 2 unspecified atom stereocenters. The van der Waals surface area contributed by atoms with E-state index in [9.17, 15) is 14.4 Å². The Bertz CT molecular complexity index is 1280. The largest absolute Gasteiger partial charge is 0.302 e. The second-order valence-electron chi connectivity index (χ2n) is 8.78. The molecule has 0 spiro atoms. The molecule has 4 aliphatic rings. The summed E-state index contributed by atoms with van der Waals surface area (Å²) in [4.78, 5) is 42.3. The van der Waals surface area contributed by atoms with E-state index >= 15 is 0 Å². The molecule has 32 heavy (non-hydrogen) atoms. The zero-order valence-electron chi connectivity index (χ0n) is 17.4. The van der Waals surface area contributed by atoms with Gasteiger partial charge in [-0.2, -0.15) is 0 Å². The van der Waals surface area contributed by atoms with Crippen LogP contribution in [0.15, 0.2) is 71.2 Å². The topological polar surface area (TPSA) is 54.5 Å². The third-order valence-electron chi connectivity index (χ3n) is 7.53. The van der Waals surface area contributed by atoms with Crippen LogP contribution in [-0.4, -0.2) is 18.1 Å². The highest BCUT2D eigenvalue weighted by Crippen LogP contribution is 2.63. The Balaban J connectivity index is 1.63. The van der Waals surface area contributed by atoms with E-state index in [4.69, 9.17) is 0 Å². The molecule has 2 amide bonds. The summed E-state index contributed by atoms with van der Waals surface area (Å²) in [5.41, 5.74) is 4.05. The predicted octanol–water partition coefficient (Wildman–Crippen LogP) is 4.76. The van der Waals surface area contributed by atoms with Crippen LogP contribution in [0.4, 0.5) is 5.69 Å². The number of aldehydes is 1. The lowest BCUT2D eigenvalue weighted by Gasteiger charge is -2.51. The van der Waals surface area contributed by atoms with Crippen LogP contribution in [0.1, 0.15) is 40.7 Å². The Morgan fingerprint density at radius 1 is 0.938 bits per heavy atom. The van der Waals surface area contributed by atoms with Crippen LogP contribution in [0.3, 0.4) is 0 Å². The molecule has 4 nitrogen and oxygen atoms in total. The lowest BCUT2D eigenvalue weighted by atomic mass is 9.48. The summed E-state index contributed by atoms with van der Waals surface area (Å²) < 4.78 is 0.902. The molecule has 3 aromatic carbocycles. The highest BCUT2D eigenvalue weighted by atomic mass is 79.9. The molecule has 5 heteroatoms. The molecule has 7 rings (SSSR count). The van der Waals surface area contributed by atoms with Crippen molar-refractivity contribution in [1.29, 1.82) is 0 Å². The smallest absolute Gasteiger partial charge is 0.239 e. The summed E-state index contributed by atoms with van der Waals surface area (Å²) in [5.74, 6) is -2.06. The van der Waals surface area contributed by atoms with Crippen LogP contribution in [0.5, 0.6) is 0 Å². The normalized spacial score (nSPS) is 27.2. The summed E-state index contributed by atoms with van der Waals surface area (Å²) >= 11 is 3.49. The fraction of sp³-hybridized carbons (Fsp3) is 0.222. The second-order valence-corrected chi connectivity index (χ2v) is 9.70. The van der Waals surface area contributed by atoms with E-state index in [-0.39, 0.29) is 17.7 Å². The molecule has 1 aliphatic heterocycles. The van der Waals surface area contributed by atoms with Crippen molar-refractivity contribution >= 4 is 39.7 Å². The molecule has 0 radical (unpaired) electrons. The third kappa shape index (κ3) is 2.19. The van der Waals surface area contributed by atoms with Gasteiger partial charge in [-0.3, -0.25) is 9.59 Å². The minimum atomic E-state index is -1.16. The van der Waals surface area contributed by atoms with Crippen molar-refractivity contribution in [3.05, 3.63) is 99.0 Å².